The van der Waals surface area contributed by atoms with Crippen LogP contribution in [0.3, 0.4) is 0 Å². The number of hydrogen-bond donors (Lipinski definition) is 1. The first-order valence-corrected chi connectivity index (χ1v) is 5.63. The van der Waals surface area contributed by atoms with E-state index < -0.39 is 40.4 Å². The summed E-state index contributed by atoms with van der Waals surface area (Å²) < 4.78 is 45.5. The molecular weight excluding hydrogens is 291 g/mol. The number of benzene rings is 2. The Balaban J connectivity index is 2.35. The Morgan fingerprint density at radius 3 is 2.19 bits per heavy atom. The van der Waals surface area contributed by atoms with E-state index in [1.54, 1.807) is 0 Å². The molecule has 0 aliphatic heterocycles. The molecule has 2 aromatic rings. The third-order valence-corrected chi connectivity index (χ3v) is 2.58. The van der Waals surface area contributed by atoms with Crippen LogP contribution in [0.2, 0.25) is 0 Å². The molecule has 2 aromatic carbocycles. The molecule has 0 aliphatic carbocycles. The number of nitrogens with zero attached hydrogens (tertiary/aromatic N) is 1. The summed E-state index contributed by atoms with van der Waals surface area (Å²) >= 11 is 0. The molecule has 0 bridgehead atoms. The maximum Gasteiger partial charge on any atom is 0.305 e. The lowest BCUT2D eigenvalue weighted by Crippen LogP contribution is -1.97. The largest absolute Gasteiger partial charge is 0.451 e. The van der Waals surface area contributed by atoms with Gasteiger partial charge in [-0.25, -0.2) is 8.78 Å². The summed E-state index contributed by atoms with van der Waals surface area (Å²) in [6.45, 7) is -0.555. The zero-order valence-electron chi connectivity index (χ0n) is 10.3. The molecule has 0 amide bonds. The Labute approximate surface area is 116 Å². The summed E-state index contributed by atoms with van der Waals surface area (Å²) in [6.07, 6.45) is 0. The SMILES string of the molecule is O=[N+]([O-])c1ccc(Oc2c(F)cc(CO)cc2F)cc1F. The van der Waals surface area contributed by atoms with Crippen molar-refractivity contribution >= 4 is 5.69 Å². The van der Waals surface area contributed by atoms with Crippen molar-refractivity contribution in [1.82, 2.24) is 0 Å². The number of nitro groups is 1. The normalized spacial score (nSPS) is 10.5. The molecule has 0 heterocycles. The molecule has 0 unspecified atom stereocenters. The standard InChI is InChI=1S/C13H8F3NO4/c14-9-5-8(1-2-12(9)17(19)20)21-13-10(15)3-7(6-18)4-11(13)16/h1-5,18H,6H2. The lowest BCUT2D eigenvalue weighted by molar-refractivity contribution is -0.387. The van der Waals surface area contributed by atoms with E-state index in [1.807, 2.05) is 0 Å². The Bertz CT molecular complexity index is 683. The van der Waals surface area contributed by atoms with E-state index in [4.69, 9.17) is 9.84 Å². The number of halogens is 3. The van der Waals surface area contributed by atoms with Crippen LogP contribution in [0.15, 0.2) is 30.3 Å². The van der Waals surface area contributed by atoms with Crippen molar-refractivity contribution < 1.29 is 27.9 Å². The fraction of sp³-hybridized carbons (Fsp3) is 0.0769. The highest BCUT2D eigenvalue weighted by Crippen LogP contribution is 2.30. The van der Waals surface area contributed by atoms with Crippen molar-refractivity contribution in [3.63, 3.8) is 0 Å². The average Bonchev–Trinajstić information content (AvgIpc) is 2.42. The predicted molar refractivity (Wildman–Crippen MR) is 65.4 cm³/mol. The van der Waals surface area contributed by atoms with E-state index in [1.165, 1.54) is 0 Å². The topological polar surface area (TPSA) is 72.6 Å². The van der Waals surface area contributed by atoms with Crippen molar-refractivity contribution in [2.45, 2.75) is 6.61 Å². The molecule has 0 saturated heterocycles. The first-order valence-electron chi connectivity index (χ1n) is 5.63. The van der Waals surface area contributed by atoms with Crippen LogP contribution < -0.4 is 4.74 Å². The fourth-order valence-electron chi connectivity index (χ4n) is 1.62. The minimum Gasteiger partial charge on any atom is -0.451 e. The van der Waals surface area contributed by atoms with Gasteiger partial charge < -0.3 is 9.84 Å². The van der Waals surface area contributed by atoms with Gasteiger partial charge in [0.2, 0.25) is 5.82 Å². The third-order valence-electron chi connectivity index (χ3n) is 2.58. The number of nitro benzene ring substituents is 1. The van der Waals surface area contributed by atoms with E-state index >= 15 is 0 Å². The van der Waals surface area contributed by atoms with Crippen LogP contribution in [0.1, 0.15) is 5.56 Å². The number of aliphatic hydroxyl groups is 1. The summed E-state index contributed by atoms with van der Waals surface area (Å²) in [5.74, 6) is -4.45. The molecular formula is C13H8F3NO4. The Kier molecular flexibility index (Phi) is 4.08. The highest BCUT2D eigenvalue weighted by molar-refractivity contribution is 5.41. The van der Waals surface area contributed by atoms with E-state index in [-0.39, 0.29) is 11.3 Å². The molecule has 0 spiro atoms. The first-order chi connectivity index (χ1) is 9.92. The second-order valence-corrected chi connectivity index (χ2v) is 4.02. The number of ether oxygens (including phenoxy) is 1. The van der Waals surface area contributed by atoms with Gasteiger partial charge in [-0.15, -0.1) is 0 Å². The van der Waals surface area contributed by atoms with Crippen molar-refractivity contribution in [1.29, 1.82) is 0 Å². The molecule has 0 radical (unpaired) electrons. The highest BCUT2D eigenvalue weighted by atomic mass is 19.1. The molecule has 0 atom stereocenters. The lowest BCUT2D eigenvalue weighted by Gasteiger charge is -2.09. The van der Waals surface area contributed by atoms with Crippen LogP contribution in [0.25, 0.3) is 0 Å². The first kappa shape index (κ1) is 14.8. The second kappa shape index (κ2) is 5.80. The Hall–Kier alpha value is -2.61. The molecule has 5 nitrogen and oxygen atoms in total. The predicted octanol–water partition coefficient (Wildman–Crippen LogP) is 3.30. The van der Waals surface area contributed by atoms with Crippen molar-refractivity contribution in [3.05, 3.63) is 63.5 Å². The molecule has 0 saturated carbocycles. The average molecular weight is 299 g/mol. The van der Waals surface area contributed by atoms with Gasteiger partial charge in [0.25, 0.3) is 0 Å². The Morgan fingerprint density at radius 1 is 1.10 bits per heavy atom. The van der Waals surface area contributed by atoms with Gasteiger partial charge in [0.05, 0.1) is 11.5 Å². The molecule has 110 valence electrons. The van der Waals surface area contributed by atoms with Gasteiger partial charge >= 0.3 is 5.69 Å². The van der Waals surface area contributed by atoms with Crippen LogP contribution in [-0.4, -0.2) is 10.0 Å². The summed E-state index contributed by atoms with van der Waals surface area (Å²) in [5.41, 5.74) is -0.772. The van der Waals surface area contributed by atoms with E-state index in [9.17, 15) is 23.3 Å². The summed E-state index contributed by atoms with van der Waals surface area (Å²) in [4.78, 5) is 9.52. The van der Waals surface area contributed by atoms with E-state index in [0.717, 1.165) is 24.3 Å². The lowest BCUT2D eigenvalue weighted by atomic mass is 10.2. The molecule has 0 aromatic heterocycles. The van der Waals surface area contributed by atoms with Crippen LogP contribution in [0.4, 0.5) is 18.9 Å². The van der Waals surface area contributed by atoms with Crippen molar-refractivity contribution in [2.75, 3.05) is 0 Å². The van der Waals surface area contributed by atoms with Gasteiger partial charge in [-0.2, -0.15) is 4.39 Å². The molecule has 8 heteroatoms. The summed E-state index contributed by atoms with van der Waals surface area (Å²) in [5, 5.41) is 19.2. The van der Waals surface area contributed by atoms with Gasteiger partial charge in [0.1, 0.15) is 5.75 Å². The highest BCUT2D eigenvalue weighted by Gasteiger charge is 2.17. The molecule has 0 fully saturated rings. The zero-order valence-corrected chi connectivity index (χ0v) is 10.3. The second-order valence-electron chi connectivity index (χ2n) is 4.02. The van der Waals surface area contributed by atoms with E-state index in [2.05, 4.69) is 0 Å². The molecule has 1 N–H and O–H groups in total. The molecule has 0 aliphatic rings. The van der Waals surface area contributed by atoms with Crippen molar-refractivity contribution in [3.8, 4) is 11.5 Å². The molecule has 2 rings (SSSR count). The summed E-state index contributed by atoms with van der Waals surface area (Å²) in [6, 6.07) is 4.21. The quantitative estimate of drug-likeness (QED) is 0.694. The maximum absolute atomic E-state index is 13.6. The van der Waals surface area contributed by atoms with Gasteiger partial charge in [-0.1, -0.05) is 0 Å². The maximum atomic E-state index is 13.6. The van der Waals surface area contributed by atoms with Gasteiger partial charge in [-0.3, -0.25) is 10.1 Å². The number of aliphatic hydroxyl groups excluding tert-OH is 1. The van der Waals surface area contributed by atoms with Crippen LogP contribution in [-0.2, 0) is 6.61 Å². The zero-order chi connectivity index (χ0) is 15.6. The van der Waals surface area contributed by atoms with Crippen LogP contribution >= 0.6 is 0 Å². The van der Waals surface area contributed by atoms with Gasteiger partial charge in [0, 0.05) is 12.1 Å². The monoisotopic (exact) mass is 299 g/mol. The van der Waals surface area contributed by atoms with Crippen LogP contribution in [0.5, 0.6) is 11.5 Å². The van der Waals surface area contributed by atoms with Crippen molar-refractivity contribution in [2.24, 2.45) is 0 Å². The van der Waals surface area contributed by atoms with Gasteiger partial charge in [0.15, 0.2) is 17.4 Å². The smallest absolute Gasteiger partial charge is 0.305 e. The minimum atomic E-state index is -1.19. The molecule has 21 heavy (non-hydrogen) atoms. The van der Waals surface area contributed by atoms with E-state index in [0.29, 0.717) is 6.07 Å². The number of rotatable bonds is 4. The third kappa shape index (κ3) is 3.11. The van der Waals surface area contributed by atoms with Crippen LogP contribution in [0, 0.1) is 27.6 Å². The summed E-state index contributed by atoms with van der Waals surface area (Å²) in [7, 11) is 0. The fourth-order valence-corrected chi connectivity index (χ4v) is 1.62. The Morgan fingerprint density at radius 2 is 1.71 bits per heavy atom. The van der Waals surface area contributed by atoms with Gasteiger partial charge in [-0.05, 0) is 23.8 Å². The number of hydrogen-bond acceptors (Lipinski definition) is 4. The minimum absolute atomic E-state index is 0.00669.